The first kappa shape index (κ1) is 12.4. The van der Waals surface area contributed by atoms with E-state index in [9.17, 15) is 9.50 Å². The number of methoxy groups -OCH3 is 1. The fourth-order valence-electron chi connectivity index (χ4n) is 1.11. The molecule has 0 fully saturated rings. The molecule has 0 spiro atoms. The minimum atomic E-state index is -0.641. The van der Waals surface area contributed by atoms with E-state index < -0.39 is 6.10 Å². The molecule has 0 saturated carbocycles. The van der Waals surface area contributed by atoms with Gasteiger partial charge in [0.15, 0.2) is 0 Å². The summed E-state index contributed by atoms with van der Waals surface area (Å²) in [6, 6.07) is 4.71. The Bertz CT molecular complexity index is 322. The molecule has 0 amide bonds. The van der Waals surface area contributed by atoms with Gasteiger partial charge in [0.2, 0.25) is 0 Å². The Balaban J connectivity index is 2.50. The molecule has 1 atom stereocenters. The number of rotatable bonds is 5. The van der Waals surface area contributed by atoms with Gasteiger partial charge in [-0.2, -0.15) is 0 Å². The maximum Gasteiger partial charge on any atom is 0.147 e. The second kappa shape index (κ2) is 6.05. The smallest absolute Gasteiger partial charge is 0.147 e. The van der Waals surface area contributed by atoms with Crippen molar-refractivity contribution < 1.29 is 14.2 Å². The molecule has 15 heavy (non-hydrogen) atoms. The van der Waals surface area contributed by atoms with Crippen LogP contribution in [-0.2, 0) is 4.74 Å². The number of aliphatic hydroxyl groups is 1. The second-order valence-electron chi connectivity index (χ2n) is 3.11. The van der Waals surface area contributed by atoms with E-state index in [-0.39, 0.29) is 19.0 Å². The maximum atomic E-state index is 13.3. The van der Waals surface area contributed by atoms with Crippen LogP contribution < -0.4 is 5.32 Å². The van der Waals surface area contributed by atoms with Crippen molar-refractivity contribution in [2.24, 2.45) is 0 Å². The molecule has 1 aromatic carbocycles. The zero-order valence-electron chi connectivity index (χ0n) is 8.34. The molecule has 1 aromatic rings. The molecule has 1 rings (SSSR count). The zero-order valence-corrected chi connectivity index (χ0v) is 9.92. The molecule has 3 nitrogen and oxygen atoms in total. The lowest BCUT2D eigenvalue weighted by atomic mass is 10.3. The monoisotopic (exact) mass is 277 g/mol. The summed E-state index contributed by atoms with van der Waals surface area (Å²) >= 11 is 3.16. The Labute approximate surface area is 96.4 Å². The summed E-state index contributed by atoms with van der Waals surface area (Å²) in [5.41, 5.74) is 0.369. The lowest BCUT2D eigenvalue weighted by molar-refractivity contribution is 0.0727. The van der Waals surface area contributed by atoms with Crippen molar-refractivity contribution in [3.05, 3.63) is 28.5 Å². The predicted octanol–water partition coefficient (Wildman–Crippen LogP) is 2.01. The van der Waals surface area contributed by atoms with E-state index in [0.29, 0.717) is 10.2 Å². The molecule has 0 saturated heterocycles. The van der Waals surface area contributed by atoms with Crippen molar-refractivity contribution >= 4 is 21.6 Å². The summed E-state index contributed by atoms with van der Waals surface area (Å²) in [6.45, 7) is 0.484. The summed E-state index contributed by atoms with van der Waals surface area (Å²) in [5.74, 6) is -0.353. The van der Waals surface area contributed by atoms with Crippen LogP contribution in [0.25, 0.3) is 0 Å². The van der Waals surface area contributed by atoms with Crippen LogP contribution in [0, 0.1) is 5.82 Å². The van der Waals surface area contributed by atoms with Crippen LogP contribution in [0.15, 0.2) is 22.7 Å². The summed E-state index contributed by atoms with van der Waals surface area (Å²) in [6.07, 6.45) is -0.641. The van der Waals surface area contributed by atoms with Gasteiger partial charge in [0, 0.05) is 18.1 Å². The lowest BCUT2D eigenvalue weighted by Gasteiger charge is -2.12. The van der Waals surface area contributed by atoms with E-state index in [2.05, 4.69) is 21.2 Å². The van der Waals surface area contributed by atoms with Crippen LogP contribution in [0.4, 0.5) is 10.1 Å². The molecule has 0 aliphatic rings. The molecule has 0 aromatic heterocycles. The van der Waals surface area contributed by atoms with E-state index in [0.717, 1.165) is 0 Å². The predicted molar refractivity (Wildman–Crippen MR) is 60.5 cm³/mol. The minimum absolute atomic E-state index is 0.227. The van der Waals surface area contributed by atoms with Gasteiger partial charge in [-0.15, -0.1) is 0 Å². The van der Waals surface area contributed by atoms with Crippen molar-refractivity contribution in [3.8, 4) is 0 Å². The molecule has 5 heteroatoms. The first-order valence-corrected chi connectivity index (χ1v) is 5.28. The van der Waals surface area contributed by atoms with E-state index in [4.69, 9.17) is 4.74 Å². The SMILES string of the molecule is COCC(O)CNc1ccc(Br)cc1F. The maximum absolute atomic E-state index is 13.3. The van der Waals surface area contributed by atoms with Crippen molar-refractivity contribution in [3.63, 3.8) is 0 Å². The summed E-state index contributed by atoms with van der Waals surface area (Å²) in [5, 5.41) is 12.1. The normalized spacial score (nSPS) is 12.5. The molecule has 1 unspecified atom stereocenters. The third-order valence-electron chi connectivity index (χ3n) is 1.82. The highest BCUT2D eigenvalue weighted by Crippen LogP contribution is 2.19. The zero-order chi connectivity index (χ0) is 11.3. The van der Waals surface area contributed by atoms with Gasteiger partial charge in [0.1, 0.15) is 5.82 Å². The van der Waals surface area contributed by atoms with Crippen LogP contribution in [0.3, 0.4) is 0 Å². The van der Waals surface area contributed by atoms with Gasteiger partial charge >= 0.3 is 0 Å². The van der Waals surface area contributed by atoms with Gasteiger partial charge in [0.05, 0.1) is 18.4 Å². The molecule has 84 valence electrons. The number of hydrogen-bond donors (Lipinski definition) is 2. The molecule has 0 heterocycles. The molecule has 0 aliphatic heterocycles. The topological polar surface area (TPSA) is 41.5 Å². The van der Waals surface area contributed by atoms with Crippen LogP contribution in [-0.4, -0.2) is 31.5 Å². The molecular weight excluding hydrogens is 265 g/mol. The van der Waals surface area contributed by atoms with Crippen molar-refractivity contribution in [2.75, 3.05) is 25.6 Å². The molecule has 0 radical (unpaired) electrons. The Morgan fingerprint density at radius 2 is 2.33 bits per heavy atom. The van der Waals surface area contributed by atoms with Crippen molar-refractivity contribution in [1.82, 2.24) is 0 Å². The number of benzene rings is 1. The first-order valence-electron chi connectivity index (χ1n) is 4.49. The first-order chi connectivity index (χ1) is 7.13. The Morgan fingerprint density at radius 3 is 2.93 bits per heavy atom. The molecule has 2 N–H and O–H groups in total. The number of hydrogen-bond acceptors (Lipinski definition) is 3. The van der Waals surface area contributed by atoms with Gasteiger partial charge in [0.25, 0.3) is 0 Å². The Hall–Kier alpha value is -0.650. The lowest BCUT2D eigenvalue weighted by Crippen LogP contribution is -2.24. The number of anilines is 1. The van der Waals surface area contributed by atoms with Crippen molar-refractivity contribution in [2.45, 2.75) is 6.10 Å². The number of halogens is 2. The van der Waals surface area contributed by atoms with Gasteiger partial charge in [-0.1, -0.05) is 15.9 Å². The number of ether oxygens (including phenoxy) is 1. The van der Waals surface area contributed by atoms with Gasteiger partial charge in [-0.3, -0.25) is 0 Å². The average Bonchev–Trinajstić information content (AvgIpc) is 2.17. The molecule has 0 aliphatic carbocycles. The molecule has 0 bridgehead atoms. The highest BCUT2D eigenvalue weighted by molar-refractivity contribution is 9.10. The second-order valence-corrected chi connectivity index (χ2v) is 4.03. The summed E-state index contributed by atoms with van der Waals surface area (Å²) in [7, 11) is 1.50. The van der Waals surface area contributed by atoms with Gasteiger partial charge in [-0.25, -0.2) is 4.39 Å². The summed E-state index contributed by atoms with van der Waals surface area (Å²) in [4.78, 5) is 0. The van der Waals surface area contributed by atoms with E-state index >= 15 is 0 Å². The minimum Gasteiger partial charge on any atom is -0.389 e. The molecular formula is C10H13BrFNO2. The van der Waals surface area contributed by atoms with Crippen LogP contribution in [0.2, 0.25) is 0 Å². The van der Waals surface area contributed by atoms with Crippen LogP contribution >= 0.6 is 15.9 Å². The third kappa shape index (κ3) is 4.15. The van der Waals surface area contributed by atoms with E-state index in [1.807, 2.05) is 0 Å². The highest BCUT2D eigenvalue weighted by Gasteiger charge is 2.06. The Kier molecular flexibility index (Phi) is 5.01. The van der Waals surface area contributed by atoms with Crippen molar-refractivity contribution in [1.29, 1.82) is 0 Å². The van der Waals surface area contributed by atoms with Crippen LogP contribution in [0.5, 0.6) is 0 Å². The average molecular weight is 278 g/mol. The van der Waals surface area contributed by atoms with Crippen LogP contribution in [0.1, 0.15) is 0 Å². The number of nitrogens with one attached hydrogen (secondary N) is 1. The third-order valence-corrected chi connectivity index (χ3v) is 2.31. The summed E-state index contributed by atoms with van der Waals surface area (Å²) < 4.78 is 18.7. The van der Waals surface area contributed by atoms with Gasteiger partial charge in [-0.05, 0) is 18.2 Å². The standard InChI is InChI=1S/C10H13BrFNO2/c1-15-6-8(14)5-13-10-3-2-7(11)4-9(10)12/h2-4,8,13-14H,5-6H2,1H3. The van der Waals surface area contributed by atoms with Gasteiger partial charge < -0.3 is 15.2 Å². The Morgan fingerprint density at radius 1 is 1.60 bits per heavy atom. The van der Waals surface area contributed by atoms with E-state index in [1.54, 1.807) is 12.1 Å². The van der Waals surface area contributed by atoms with E-state index in [1.165, 1.54) is 13.2 Å². The number of aliphatic hydroxyl groups excluding tert-OH is 1. The largest absolute Gasteiger partial charge is 0.389 e. The quantitative estimate of drug-likeness (QED) is 0.865. The fraction of sp³-hybridized carbons (Fsp3) is 0.400. The fourth-order valence-corrected chi connectivity index (χ4v) is 1.45. The highest BCUT2D eigenvalue weighted by atomic mass is 79.9.